The number of amides is 1. The summed E-state index contributed by atoms with van der Waals surface area (Å²) >= 11 is 6.17. The Morgan fingerprint density at radius 1 is 0.722 bits per heavy atom. The van der Waals surface area contributed by atoms with Crippen LogP contribution in [-0.2, 0) is 0 Å². The van der Waals surface area contributed by atoms with Crippen LogP contribution in [0.15, 0.2) is 97.1 Å². The third-order valence-electron chi connectivity index (χ3n) is 6.70. The smallest absolute Gasteiger partial charge is 0.254 e. The van der Waals surface area contributed by atoms with Gasteiger partial charge in [0.05, 0.1) is 0 Å². The van der Waals surface area contributed by atoms with E-state index in [4.69, 9.17) is 11.6 Å². The molecular weight excluding hydrogens is 472 g/mol. The van der Waals surface area contributed by atoms with Gasteiger partial charge in [-0.25, -0.2) is 0 Å². The van der Waals surface area contributed by atoms with Gasteiger partial charge in [0.25, 0.3) is 5.91 Å². The van der Waals surface area contributed by atoms with Gasteiger partial charge in [-0.2, -0.15) is 0 Å². The molecule has 1 saturated heterocycles. The Kier molecular flexibility index (Phi) is 6.83. The molecule has 0 aromatic heterocycles. The van der Waals surface area contributed by atoms with Gasteiger partial charge >= 0.3 is 0 Å². The lowest BCUT2D eigenvalue weighted by Gasteiger charge is -2.36. The number of piperazine rings is 1. The normalized spacial score (nSPS) is 13.7. The van der Waals surface area contributed by atoms with Crippen LogP contribution in [0.4, 0.5) is 5.69 Å². The summed E-state index contributed by atoms with van der Waals surface area (Å²) in [7, 11) is 0. The van der Waals surface area contributed by atoms with E-state index in [2.05, 4.69) is 4.90 Å². The molecule has 1 aliphatic rings. The van der Waals surface area contributed by atoms with Crippen LogP contribution in [0.2, 0.25) is 5.02 Å². The number of anilines is 1. The first-order chi connectivity index (χ1) is 17.5. The zero-order valence-electron chi connectivity index (χ0n) is 19.7. The van der Waals surface area contributed by atoms with E-state index in [9.17, 15) is 15.0 Å². The number of rotatable bonds is 5. The van der Waals surface area contributed by atoms with Gasteiger partial charge in [-0.05, 0) is 65.2 Å². The summed E-state index contributed by atoms with van der Waals surface area (Å²) in [6.07, 6.45) is 0. The SMILES string of the molecule is O=C(c1ccccc1C(c1ccc(O)cc1)c1ccc(O)cc1)N1CCN(c2cccc(Cl)c2)CC1. The number of phenols is 2. The van der Waals surface area contributed by atoms with Crippen LogP contribution in [0, 0.1) is 0 Å². The van der Waals surface area contributed by atoms with Crippen molar-refractivity contribution in [2.75, 3.05) is 31.1 Å². The molecule has 4 aromatic rings. The largest absolute Gasteiger partial charge is 0.508 e. The Balaban J connectivity index is 1.45. The van der Waals surface area contributed by atoms with E-state index in [1.165, 1.54) is 0 Å². The van der Waals surface area contributed by atoms with E-state index in [1.54, 1.807) is 24.3 Å². The van der Waals surface area contributed by atoms with Crippen LogP contribution in [0.3, 0.4) is 0 Å². The third-order valence-corrected chi connectivity index (χ3v) is 6.93. The number of carbonyl (C=O) groups excluding carboxylic acids is 1. The van der Waals surface area contributed by atoms with Crippen molar-refractivity contribution in [2.45, 2.75) is 5.92 Å². The standard InChI is InChI=1S/C30H27ClN2O3/c31-23-4-3-5-24(20-23)32-16-18-33(19-17-32)30(36)28-7-2-1-6-27(28)29(21-8-12-25(34)13-9-21)22-10-14-26(35)15-11-22/h1-15,20,29,34-35H,16-19H2. The van der Waals surface area contributed by atoms with Gasteiger partial charge in [0.2, 0.25) is 0 Å². The number of hydrogen-bond acceptors (Lipinski definition) is 4. The lowest BCUT2D eigenvalue weighted by atomic mass is 9.82. The predicted molar refractivity (Wildman–Crippen MR) is 143 cm³/mol. The first-order valence-electron chi connectivity index (χ1n) is 12.0. The quantitative estimate of drug-likeness (QED) is 0.336. The number of nitrogens with zero attached hydrogens (tertiary/aromatic N) is 2. The lowest BCUT2D eigenvalue weighted by Crippen LogP contribution is -2.49. The molecule has 36 heavy (non-hydrogen) atoms. The van der Waals surface area contributed by atoms with Crippen LogP contribution >= 0.6 is 11.6 Å². The minimum atomic E-state index is -0.237. The second kappa shape index (κ2) is 10.3. The van der Waals surface area contributed by atoms with E-state index in [0.717, 1.165) is 35.5 Å². The number of carbonyl (C=O) groups is 1. The Morgan fingerprint density at radius 2 is 1.31 bits per heavy atom. The Bertz CT molecular complexity index is 1300. The molecule has 0 unspecified atom stereocenters. The Labute approximate surface area is 215 Å². The van der Waals surface area contributed by atoms with Crippen LogP contribution in [0.5, 0.6) is 11.5 Å². The molecule has 0 bridgehead atoms. The van der Waals surface area contributed by atoms with Gasteiger partial charge in [0.1, 0.15) is 11.5 Å². The van der Waals surface area contributed by atoms with Gasteiger partial charge < -0.3 is 20.0 Å². The van der Waals surface area contributed by atoms with Gasteiger partial charge in [0, 0.05) is 48.4 Å². The summed E-state index contributed by atoms with van der Waals surface area (Å²) in [6.45, 7) is 2.69. The van der Waals surface area contributed by atoms with Gasteiger partial charge in [0.15, 0.2) is 0 Å². The lowest BCUT2D eigenvalue weighted by molar-refractivity contribution is 0.0745. The molecule has 0 spiro atoms. The summed E-state index contributed by atoms with van der Waals surface area (Å²) < 4.78 is 0. The molecule has 5 rings (SSSR count). The zero-order chi connectivity index (χ0) is 25.1. The van der Waals surface area contributed by atoms with E-state index < -0.39 is 0 Å². The minimum absolute atomic E-state index is 0.00102. The van der Waals surface area contributed by atoms with Crippen molar-refractivity contribution in [1.29, 1.82) is 0 Å². The highest BCUT2D eigenvalue weighted by Gasteiger charge is 2.27. The molecule has 1 aliphatic heterocycles. The summed E-state index contributed by atoms with van der Waals surface area (Å²) in [5.74, 6) is 0.133. The Morgan fingerprint density at radius 3 is 1.89 bits per heavy atom. The van der Waals surface area contributed by atoms with Crippen LogP contribution < -0.4 is 4.90 Å². The third kappa shape index (κ3) is 5.02. The fraction of sp³-hybridized carbons (Fsp3) is 0.167. The zero-order valence-corrected chi connectivity index (χ0v) is 20.5. The molecule has 5 nitrogen and oxygen atoms in total. The van der Waals surface area contributed by atoms with E-state index in [-0.39, 0.29) is 23.3 Å². The van der Waals surface area contributed by atoms with Crippen molar-refractivity contribution in [2.24, 2.45) is 0 Å². The number of hydrogen-bond donors (Lipinski definition) is 2. The van der Waals surface area contributed by atoms with E-state index >= 15 is 0 Å². The fourth-order valence-electron chi connectivity index (χ4n) is 4.84. The Hall–Kier alpha value is -3.96. The average molecular weight is 499 g/mol. The molecule has 0 saturated carbocycles. The highest BCUT2D eigenvalue weighted by Crippen LogP contribution is 2.36. The second-order valence-electron chi connectivity index (χ2n) is 8.96. The van der Waals surface area contributed by atoms with Crippen LogP contribution in [0.25, 0.3) is 0 Å². The predicted octanol–water partition coefficient (Wildman–Crippen LogP) is 5.89. The van der Waals surface area contributed by atoms with E-state index in [1.807, 2.05) is 77.7 Å². The average Bonchev–Trinajstić information content (AvgIpc) is 2.91. The maximum absolute atomic E-state index is 13.8. The fourth-order valence-corrected chi connectivity index (χ4v) is 5.02. The minimum Gasteiger partial charge on any atom is -0.508 e. The summed E-state index contributed by atoms with van der Waals surface area (Å²) in [5.41, 5.74) is 4.50. The monoisotopic (exact) mass is 498 g/mol. The molecule has 1 amide bonds. The van der Waals surface area contributed by atoms with Crippen molar-refractivity contribution < 1.29 is 15.0 Å². The van der Waals surface area contributed by atoms with Gasteiger partial charge in [-0.3, -0.25) is 4.79 Å². The molecule has 182 valence electrons. The summed E-state index contributed by atoms with van der Waals surface area (Å²) in [6, 6.07) is 29.6. The first-order valence-corrected chi connectivity index (χ1v) is 12.3. The van der Waals surface area contributed by atoms with Crippen molar-refractivity contribution in [3.63, 3.8) is 0 Å². The molecule has 1 heterocycles. The topological polar surface area (TPSA) is 64.0 Å². The molecule has 0 radical (unpaired) electrons. The summed E-state index contributed by atoms with van der Waals surface area (Å²) in [5, 5.41) is 20.4. The van der Waals surface area contributed by atoms with Crippen molar-refractivity contribution in [3.05, 3.63) is 124 Å². The molecule has 4 aromatic carbocycles. The number of aromatic hydroxyl groups is 2. The van der Waals surface area contributed by atoms with Crippen molar-refractivity contribution >= 4 is 23.2 Å². The van der Waals surface area contributed by atoms with Gasteiger partial charge in [-0.15, -0.1) is 0 Å². The maximum Gasteiger partial charge on any atom is 0.254 e. The molecule has 6 heteroatoms. The molecule has 1 fully saturated rings. The molecule has 2 N–H and O–H groups in total. The number of halogens is 1. The highest BCUT2D eigenvalue weighted by atomic mass is 35.5. The second-order valence-corrected chi connectivity index (χ2v) is 9.40. The molecule has 0 aliphatic carbocycles. The van der Waals surface area contributed by atoms with Gasteiger partial charge in [-0.1, -0.05) is 60.1 Å². The number of phenolic OH excluding ortho intramolecular Hbond substituents is 2. The van der Waals surface area contributed by atoms with Crippen LogP contribution in [-0.4, -0.2) is 47.2 Å². The highest BCUT2D eigenvalue weighted by molar-refractivity contribution is 6.30. The van der Waals surface area contributed by atoms with Crippen molar-refractivity contribution in [3.8, 4) is 11.5 Å². The van der Waals surface area contributed by atoms with Crippen LogP contribution in [0.1, 0.15) is 33.0 Å². The first kappa shape index (κ1) is 23.8. The van der Waals surface area contributed by atoms with Crippen molar-refractivity contribution in [1.82, 2.24) is 4.90 Å². The number of benzene rings is 4. The molecular formula is C30H27ClN2O3. The summed E-state index contributed by atoms with van der Waals surface area (Å²) in [4.78, 5) is 18.0. The maximum atomic E-state index is 13.8. The molecule has 0 atom stereocenters. The van der Waals surface area contributed by atoms with E-state index in [0.29, 0.717) is 23.7 Å².